The molecule has 152 valence electrons. The number of nitrogens with zero attached hydrogens (tertiary/aromatic N) is 5. The van der Waals surface area contributed by atoms with Gasteiger partial charge < -0.3 is 14.8 Å². The van der Waals surface area contributed by atoms with Gasteiger partial charge in [-0.3, -0.25) is 19.7 Å². The number of aromatic nitrogens is 4. The number of amides is 1. The molecule has 3 aromatic heterocycles. The summed E-state index contributed by atoms with van der Waals surface area (Å²) in [4.78, 5) is 32.2. The molecule has 2 aliphatic rings. The maximum atomic E-state index is 12.9. The third-order valence-corrected chi connectivity index (χ3v) is 5.22. The second-order valence-electron chi connectivity index (χ2n) is 7.15. The molecule has 0 saturated carbocycles. The van der Waals surface area contributed by atoms with Crippen molar-refractivity contribution in [2.75, 3.05) is 18.7 Å². The van der Waals surface area contributed by atoms with Crippen molar-refractivity contribution >= 4 is 11.6 Å². The number of hydrogen-bond donors (Lipinski definition) is 1. The van der Waals surface area contributed by atoms with E-state index in [0.29, 0.717) is 29.6 Å². The number of ether oxygens (including phenoxy) is 2. The van der Waals surface area contributed by atoms with Gasteiger partial charge in [0.05, 0.1) is 24.1 Å². The molecular weight excluding hydrogens is 384 g/mol. The highest BCUT2D eigenvalue weighted by Gasteiger charge is 2.32. The Morgan fingerprint density at radius 2 is 2.03 bits per heavy atom. The lowest BCUT2D eigenvalue weighted by molar-refractivity contribution is -0.120. The van der Waals surface area contributed by atoms with Crippen molar-refractivity contribution in [2.45, 2.75) is 25.4 Å². The van der Waals surface area contributed by atoms with E-state index in [2.05, 4.69) is 30.2 Å². The Kier molecular flexibility index (Phi) is 4.94. The van der Waals surface area contributed by atoms with E-state index in [1.165, 1.54) is 0 Å². The van der Waals surface area contributed by atoms with E-state index in [0.717, 1.165) is 30.6 Å². The summed E-state index contributed by atoms with van der Waals surface area (Å²) >= 11 is 0. The Balaban J connectivity index is 1.26. The van der Waals surface area contributed by atoms with Crippen molar-refractivity contribution in [3.63, 3.8) is 0 Å². The van der Waals surface area contributed by atoms with Crippen LogP contribution in [0.5, 0.6) is 11.5 Å². The number of fused-ring (bicyclic) bond motifs is 1. The second kappa shape index (κ2) is 8.03. The normalized spacial score (nSPS) is 17.8. The van der Waals surface area contributed by atoms with Crippen LogP contribution in [-0.4, -0.2) is 50.1 Å². The molecule has 0 aromatic carbocycles. The molecule has 0 aliphatic carbocycles. The first-order chi connectivity index (χ1) is 14.8. The van der Waals surface area contributed by atoms with E-state index in [9.17, 15) is 4.79 Å². The van der Waals surface area contributed by atoms with Gasteiger partial charge in [-0.1, -0.05) is 0 Å². The summed E-state index contributed by atoms with van der Waals surface area (Å²) in [5.74, 6) is 1.86. The van der Waals surface area contributed by atoms with Gasteiger partial charge in [0.15, 0.2) is 17.3 Å². The van der Waals surface area contributed by atoms with Crippen molar-refractivity contribution in [2.24, 2.45) is 0 Å². The maximum Gasteiger partial charge on any atom is 0.241 e. The summed E-state index contributed by atoms with van der Waals surface area (Å²) in [6.45, 7) is 1.55. The van der Waals surface area contributed by atoms with Crippen LogP contribution in [0.1, 0.15) is 18.5 Å². The van der Waals surface area contributed by atoms with Crippen LogP contribution in [0, 0.1) is 0 Å². The molecule has 0 bridgehead atoms. The fourth-order valence-electron chi connectivity index (χ4n) is 3.77. The van der Waals surface area contributed by atoms with Gasteiger partial charge in [-0.2, -0.15) is 0 Å². The van der Waals surface area contributed by atoms with Crippen LogP contribution in [0.3, 0.4) is 0 Å². The second-order valence-corrected chi connectivity index (χ2v) is 7.15. The van der Waals surface area contributed by atoms with Crippen LogP contribution < -0.4 is 14.8 Å². The molecule has 3 aromatic rings. The Morgan fingerprint density at radius 1 is 1.13 bits per heavy atom. The Bertz CT molecular complexity index is 1040. The minimum absolute atomic E-state index is 0.0741. The molecule has 1 atom stereocenters. The largest absolute Gasteiger partial charge is 0.453 e. The lowest BCUT2D eigenvalue weighted by Gasteiger charge is -2.23. The third-order valence-electron chi connectivity index (χ3n) is 5.22. The zero-order valence-electron chi connectivity index (χ0n) is 16.2. The van der Waals surface area contributed by atoms with Crippen molar-refractivity contribution in [3.05, 3.63) is 54.9 Å². The van der Waals surface area contributed by atoms with Gasteiger partial charge in [0.25, 0.3) is 0 Å². The highest BCUT2D eigenvalue weighted by Crippen LogP contribution is 2.35. The molecule has 0 radical (unpaired) electrons. The molecule has 5 heterocycles. The fraction of sp³-hybridized carbons (Fsp3) is 0.286. The monoisotopic (exact) mass is 404 g/mol. The quantitative estimate of drug-likeness (QED) is 0.691. The fourth-order valence-corrected chi connectivity index (χ4v) is 3.77. The van der Waals surface area contributed by atoms with Crippen molar-refractivity contribution in [1.29, 1.82) is 0 Å². The molecule has 9 heteroatoms. The van der Waals surface area contributed by atoms with Crippen LogP contribution in [0.2, 0.25) is 0 Å². The van der Waals surface area contributed by atoms with Crippen molar-refractivity contribution in [3.8, 4) is 22.9 Å². The lowest BCUT2D eigenvalue weighted by atomic mass is 10.2. The summed E-state index contributed by atoms with van der Waals surface area (Å²) in [5, 5.41) is 2.93. The minimum atomic E-state index is -0.247. The number of nitrogens with one attached hydrogen (secondary N) is 1. The molecule has 2 aliphatic heterocycles. The average Bonchev–Trinajstić information content (AvgIpc) is 3.45. The smallest absolute Gasteiger partial charge is 0.241 e. The standard InChI is InChI=1S/C21H20N6O3/c28-21(26-15-10-24-20(25-11-15)14-3-1-6-22-9-14)17-4-2-8-27(17)12-16-19-18(5-7-23-16)29-13-30-19/h1,3,5-7,9-11,17H,2,4,8,12-13H2,(H,26,28). The lowest BCUT2D eigenvalue weighted by Crippen LogP contribution is -2.39. The molecule has 1 unspecified atom stereocenters. The van der Waals surface area contributed by atoms with E-state index < -0.39 is 0 Å². The van der Waals surface area contributed by atoms with Crippen molar-refractivity contribution in [1.82, 2.24) is 24.8 Å². The predicted octanol–water partition coefficient (Wildman–Crippen LogP) is 2.27. The van der Waals surface area contributed by atoms with E-state index in [-0.39, 0.29) is 18.7 Å². The SMILES string of the molecule is O=C(Nc1cnc(-c2cccnc2)nc1)C1CCCN1Cc1nccc2c1OCO2. The first kappa shape index (κ1) is 18.4. The Labute approximate surface area is 173 Å². The van der Waals surface area contributed by atoms with Crippen molar-refractivity contribution < 1.29 is 14.3 Å². The number of pyridine rings is 2. The number of carbonyl (C=O) groups excluding carboxylic acids is 1. The highest BCUT2D eigenvalue weighted by atomic mass is 16.7. The summed E-state index contributed by atoms with van der Waals surface area (Å²) in [5.41, 5.74) is 2.18. The van der Waals surface area contributed by atoms with Crippen LogP contribution in [0.15, 0.2) is 49.2 Å². The molecule has 0 spiro atoms. The third kappa shape index (κ3) is 3.67. The number of anilines is 1. The van der Waals surface area contributed by atoms with Crippen LogP contribution in [-0.2, 0) is 11.3 Å². The van der Waals surface area contributed by atoms with Gasteiger partial charge in [-0.25, -0.2) is 9.97 Å². The van der Waals surface area contributed by atoms with E-state index in [1.54, 1.807) is 37.1 Å². The topological polar surface area (TPSA) is 102 Å². The molecule has 1 fully saturated rings. The van der Waals surface area contributed by atoms with Crippen LogP contribution in [0.25, 0.3) is 11.4 Å². The van der Waals surface area contributed by atoms with Gasteiger partial charge in [0.1, 0.15) is 5.69 Å². The number of hydrogen-bond acceptors (Lipinski definition) is 8. The van der Waals surface area contributed by atoms with E-state index in [4.69, 9.17) is 9.47 Å². The van der Waals surface area contributed by atoms with Gasteiger partial charge in [0.2, 0.25) is 12.7 Å². The zero-order valence-corrected chi connectivity index (χ0v) is 16.2. The van der Waals surface area contributed by atoms with Gasteiger partial charge in [-0.15, -0.1) is 0 Å². The molecule has 1 amide bonds. The minimum Gasteiger partial charge on any atom is -0.453 e. The molecule has 1 saturated heterocycles. The maximum absolute atomic E-state index is 12.9. The zero-order chi connectivity index (χ0) is 20.3. The first-order valence-corrected chi connectivity index (χ1v) is 9.79. The predicted molar refractivity (Wildman–Crippen MR) is 108 cm³/mol. The molecule has 9 nitrogen and oxygen atoms in total. The molecular formula is C21H20N6O3. The first-order valence-electron chi connectivity index (χ1n) is 9.79. The van der Waals surface area contributed by atoms with Gasteiger partial charge in [0, 0.05) is 36.8 Å². The summed E-state index contributed by atoms with van der Waals surface area (Å²) in [7, 11) is 0. The summed E-state index contributed by atoms with van der Waals surface area (Å²) in [6.07, 6.45) is 10.1. The Hall–Kier alpha value is -3.59. The molecule has 30 heavy (non-hydrogen) atoms. The summed E-state index contributed by atoms with van der Waals surface area (Å²) in [6, 6.07) is 5.26. The Morgan fingerprint density at radius 3 is 2.87 bits per heavy atom. The van der Waals surface area contributed by atoms with Crippen LogP contribution in [0.4, 0.5) is 5.69 Å². The van der Waals surface area contributed by atoms with Crippen LogP contribution >= 0.6 is 0 Å². The average molecular weight is 404 g/mol. The molecule has 1 N–H and O–H groups in total. The van der Waals surface area contributed by atoms with E-state index in [1.807, 2.05) is 12.1 Å². The van der Waals surface area contributed by atoms with E-state index >= 15 is 0 Å². The highest BCUT2D eigenvalue weighted by molar-refractivity contribution is 5.94. The number of likely N-dealkylation sites (tertiary alicyclic amines) is 1. The molecule has 5 rings (SSSR count). The summed E-state index contributed by atoms with van der Waals surface area (Å²) < 4.78 is 11.0. The number of rotatable bonds is 5. The van der Waals surface area contributed by atoms with Gasteiger partial charge >= 0.3 is 0 Å². The number of carbonyl (C=O) groups is 1. The van der Waals surface area contributed by atoms with Gasteiger partial charge in [-0.05, 0) is 31.5 Å².